The second kappa shape index (κ2) is 5.41. The van der Waals surface area contributed by atoms with Crippen LogP contribution in [0.1, 0.15) is 16.8 Å². The zero-order valence-electron chi connectivity index (χ0n) is 8.38. The third-order valence-electron chi connectivity index (χ3n) is 1.88. The third kappa shape index (κ3) is 3.47. The first-order valence-corrected chi connectivity index (χ1v) is 5.82. The molecule has 5 nitrogen and oxygen atoms in total. The van der Waals surface area contributed by atoms with Crippen molar-refractivity contribution >= 4 is 22.7 Å². The van der Waals surface area contributed by atoms with Gasteiger partial charge in [0.2, 0.25) is 5.91 Å². The maximum absolute atomic E-state index is 11.6. The standard InChI is InChI=1S/C10H11NO4S/c11-9(12)4-5-16(15)8-3-1-2-7(6-8)10(13)14/h1-3,6H,4-5H2,(H2,11,12)(H,13,14). The minimum Gasteiger partial charge on any atom is -0.478 e. The topological polar surface area (TPSA) is 97.5 Å². The maximum atomic E-state index is 11.6. The monoisotopic (exact) mass is 241 g/mol. The highest BCUT2D eigenvalue weighted by molar-refractivity contribution is 7.85. The number of aromatic carboxylic acids is 1. The van der Waals surface area contributed by atoms with E-state index < -0.39 is 22.7 Å². The second-order valence-corrected chi connectivity index (χ2v) is 4.67. The molecule has 0 radical (unpaired) electrons. The molecule has 1 aromatic rings. The lowest BCUT2D eigenvalue weighted by Gasteiger charge is -2.01. The Balaban J connectivity index is 2.79. The molecule has 3 N–H and O–H groups in total. The Bertz CT molecular complexity index is 444. The van der Waals surface area contributed by atoms with E-state index in [0.717, 1.165) is 0 Å². The van der Waals surface area contributed by atoms with E-state index in [1.165, 1.54) is 18.2 Å². The highest BCUT2D eigenvalue weighted by Crippen LogP contribution is 2.10. The van der Waals surface area contributed by atoms with E-state index in [2.05, 4.69) is 0 Å². The molecule has 0 aromatic heterocycles. The highest BCUT2D eigenvalue weighted by atomic mass is 32.2. The van der Waals surface area contributed by atoms with Crippen LogP contribution in [0.3, 0.4) is 0 Å². The Morgan fingerprint density at radius 1 is 1.38 bits per heavy atom. The molecule has 16 heavy (non-hydrogen) atoms. The van der Waals surface area contributed by atoms with E-state index in [-0.39, 0.29) is 17.7 Å². The first kappa shape index (κ1) is 12.4. The van der Waals surface area contributed by atoms with Crippen molar-refractivity contribution in [1.29, 1.82) is 0 Å². The van der Waals surface area contributed by atoms with Gasteiger partial charge in [-0.05, 0) is 18.2 Å². The van der Waals surface area contributed by atoms with Crippen molar-refractivity contribution in [3.05, 3.63) is 29.8 Å². The molecule has 0 heterocycles. The average Bonchev–Trinajstić information content (AvgIpc) is 2.26. The number of nitrogens with two attached hydrogens (primary N) is 1. The number of benzene rings is 1. The van der Waals surface area contributed by atoms with E-state index in [1.54, 1.807) is 6.07 Å². The molecule has 0 aliphatic heterocycles. The van der Waals surface area contributed by atoms with Gasteiger partial charge in [-0.3, -0.25) is 9.00 Å². The van der Waals surface area contributed by atoms with Crippen LogP contribution in [0.15, 0.2) is 29.2 Å². The quantitative estimate of drug-likeness (QED) is 0.778. The lowest BCUT2D eigenvalue weighted by molar-refractivity contribution is -0.117. The molecule has 86 valence electrons. The number of rotatable bonds is 5. The Morgan fingerprint density at radius 2 is 2.06 bits per heavy atom. The van der Waals surface area contributed by atoms with Crippen LogP contribution >= 0.6 is 0 Å². The molecule has 0 aliphatic carbocycles. The summed E-state index contributed by atoms with van der Waals surface area (Å²) >= 11 is 0. The van der Waals surface area contributed by atoms with Gasteiger partial charge in [0.05, 0.1) is 16.4 Å². The summed E-state index contributed by atoms with van der Waals surface area (Å²) in [5.74, 6) is -1.49. The minimum absolute atomic E-state index is 0.0178. The first-order chi connectivity index (χ1) is 7.50. The zero-order valence-corrected chi connectivity index (χ0v) is 9.20. The fraction of sp³-hybridized carbons (Fsp3) is 0.200. The SMILES string of the molecule is NC(=O)CCS(=O)c1cccc(C(=O)O)c1. The van der Waals surface area contributed by atoms with Gasteiger partial charge in [0.25, 0.3) is 0 Å². The summed E-state index contributed by atoms with van der Waals surface area (Å²) in [4.78, 5) is 21.6. The van der Waals surface area contributed by atoms with Crippen LogP contribution in [-0.2, 0) is 15.6 Å². The summed E-state index contributed by atoms with van der Waals surface area (Å²) in [7, 11) is -1.39. The second-order valence-electron chi connectivity index (χ2n) is 3.10. The lowest BCUT2D eigenvalue weighted by atomic mass is 10.2. The average molecular weight is 241 g/mol. The lowest BCUT2D eigenvalue weighted by Crippen LogP contribution is -2.14. The van der Waals surface area contributed by atoms with Gasteiger partial charge in [0.15, 0.2) is 0 Å². The molecule has 0 aliphatic rings. The fourth-order valence-electron chi connectivity index (χ4n) is 1.08. The number of hydrogen-bond donors (Lipinski definition) is 2. The van der Waals surface area contributed by atoms with Gasteiger partial charge in [-0.25, -0.2) is 4.79 Å². The number of carbonyl (C=O) groups is 2. The van der Waals surface area contributed by atoms with Crippen molar-refractivity contribution in [1.82, 2.24) is 0 Å². The van der Waals surface area contributed by atoms with Crippen LogP contribution in [0, 0.1) is 0 Å². The third-order valence-corrected chi connectivity index (χ3v) is 3.23. The van der Waals surface area contributed by atoms with Crippen LogP contribution < -0.4 is 5.73 Å². The van der Waals surface area contributed by atoms with Crippen molar-refractivity contribution < 1.29 is 18.9 Å². The highest BCUT2D eigenvalue weighted by Gasteiger charge is 2.09. The van der Waals surface area contributed by atoms with Gasteiger partial charge < -0.3 is 10.8 Å². The number of hydrogen-bond acceptors (Lipinski definition) is 3. The van der Waals surface area contributed by atoms with Gasteiger partial charge in [-0.15, -0.1) is 0 Å². The number of carboxylic acid groups (broad SMARTS) is 1. The van der Waals surface area contributed by atoms with Crippen molar-refractivity contribution in [3.8, 4) is 0 Å². The van der Waals surface area contributed by atoms with Crippen molar-refractivity contribution in [2.24, 2.45) is 5.73 Å². The Labute approximate surface area is 94.7 Å². The summed E-state index contributed by atoms with van der Waals surface area (Å²) < 4.78 is 11.6. The van der Waals surface area contributed by atoms with Crippen molar-refractivity contribution in [3.63, 3.8) is 0 Å². The number of carbonyl (C=O) groups excluding carboxylic acids is 1. The molecule has 1 atom stereocenters. The van der Waals surface area contributed by atoms with E-state index in [4.69, 9.17) is 10.8 Å². The molecule has 6 heteroatoms. The van der Waals surface area contributed by atoms with Crippen LogP contribution in [-0.4, -0.2) is 26.9 Å². The van der Waals surface area contributed by atoms with E-state index in [9.17, 15) is 13.8 Å². The van der Waals surface area contributed by atoms with Crippen LogP contribution in [0.25, 0.3) is 0 Å². The number of primary amides is 1. The Morgan fingerprint density at radius 3 is 2.62 bits per heavy atom. The predicted octanol–water partition coefficient (Wildman–Crippen LogP) is 0.368. The minimum atomic E-state index is -1.39. The Hall–Kier alpha value is -1.69. The summed E-state index contributed by atoms with van der Waals surface area (Å²) in [6.45, 7) is 0. The van der Waals surface area contributed by atoms with Gasteiger partial charge in [-0.1, -0.05) is 6.07 Å². The molecule has 1 aromatic carbocycles. The van der Waals surface area contributed by atoms with E-state index in [1.807, 2.05) is 0 Å². The molecule has 0 saturated heterocycles. The smallest absolute Gasteiger partial charge is 0.335 e. The first-order valence-electron chi connectivity index (χ1n) is 4.50. The molecule has 0 bridgehead atoms. The van der Waals surface area contributed by atoms with Crippen LogP contribution in [0.5, 0.6) is 0 Å². The molecule has 0 saturated carbocycles. The molecule has 0 spiro atoms. The summed E-state index contributed by atoms with van der Waals surface area (Å²) in [6.07, 6.45) is 0.0178. The number of carboxylic acids is 1. The molecule has 1 amide bonds. The summed E-state index contributed by atoms with van der Waals surface area (Å²) in [6, 6.07) is 5.82. The predicted molar refractivity (Wildman–Crippen MR) is 58.5 cm³/mol. The van der Waals surface area contributed by atoms with Crippen molar-refractivity contribution in [2.75, 3.05) is 5.75 Å². The van der Waals surface area contributed by atoms with E-state index in [0.29, 0.717) is 4.90 Å². The maximum Gasteiger partial charge on any atom is 0.335 e. The molecule has 1 rings (SSSR count). The number of amides is 1. The molecular weight excluding hydrogens is 230 g/mol. The van der Waals surface area contributed by atoms with Gasteiger partial charge in [0, 0.05) is 17.1 Å². The normalized spacial score (nSPS) is 12.0. The fourth-order valence-corrected chi connectivity index (χ4v) is 2.19. The van der Waals surface area contributed by atoms with Gasteiger partial charge >= 0.3 is 5.97 Å². The largest absolute Gasteiger partial charge is 0.478 e. The van der Waals surface area contributed by atoms with Crippen molar-refractivity contribution in [2.45, 2.75) is 11.3 Å². The van der Waals surface area contributed by atoms with Gasteiger partial charge in [-0.2, -0.15) is 0 Å². The summed E-state index contributed by atoms with van der Waals surface area (Å²) in [5, 5.41) is 8.74. The molecular formula is C10H11NO4S. The van der Waals surface area contributed by atoms with Gasteiger partial charge in [0.1, 0.15) is 0 Å². The Kier molecular flexibility index (Phi) is 4.19. The zero-order chi connectivity index (χ0) is 12.1. The van der Waals surface area contributed by atoms with E-state index >= 15 is 0 Å². The van der Waals surface area contributed by atoms with Crippen LogP contribution in [0.4, 0.5) is 0 Å². The molecule has 1 unspecified atom stereocenters. The van der Waals surface area contributed by atoms with Crippen LogP contribution in [0.2, 0.25) is 0 Å². The molecule has 0 fully saturated rings. The summed E-state index contributed by atoms with van der Waals surface area (Å²) in [5.41, 5.74) is 5.00.